The minimum Gasteiger partial charge on any atom is -0.440 e. The SMILES string of the molecule is O=Cc1ccc(Sc2ncco2)c(Br)c1. The van der Waals surface area contributed by atoms with Crippen molar-refractivity contribution in [1.82, 2.24) is 4.98 Å². The number of benzene rings is 1. The lowest BCUT2D eigenvalue weighted by Crippen LogP contribution is -1.81. The minimum atomic E-state index is 0.578. The Bertz CT molecular complexity index is 470. The van der Waals surface area contributed by atoms with E-state index in [1.165, 1.54) is 18.0 Å². The first-order valence-electron chi connectivity index (χ1n) is 4.11. The number of hydrogen-bond acceptors (Lipinski definition) is 4. The van der Waals surface area contributed by atoms with Crippen LogP contribution < -0.4 is 0 Å². The van der Waals surface area contributed by atoms with Crippen molar-refractivity contribution < 1.29 is 9.21 Å². The predicted octanol–water partition coefficient (Wildman–Crippen LogP) is 3.40. The molecule has 1 aromatic carbocycles. The summed E-state index contributed by atoms with van der Waals surface area (Å²) in [5.41, 5.74) is 0.638. The third-order valence-corrected chi connectivity index (χ3v) is 3.57. The van der Waals surface area contributed by atoms with E-state index >= 15 is 0 Å². The van der Waals surface area contributed by atoms with Crippen LogP contribution in [-0.4, -0.2) is 11.3 Å². The summed E-state index contributed by atoms with van der Waals surface area (Å²) >= 11 is 4.78. The van der Waals surface area contributed by atoms with Crippen LogP contribution in [0.15, 0.2) is 49.7 Å². The fraction of sp³-hybridized carbons (Fsp3) is 0. The molecule has 3 nitrogen and oxygen atoms in total. The monoisotopic (exact) mass is 283 g/mol. The topological polar surface area (TPSA) is 43.1 Å². The number of nitrogens with zero attached hydrogens (tertiary/aromatic N) is 1. The highest BCUT2D eigenvalue weighted by molar-refractivity contribution is 9.10. The van der Waals surface area contributed by atoms with Crippen LogP contribution in [-0.2, 0) is 0 Å². The molecule has 5 heteroatoms. The van der Waals surface area contributed by atoms with Crippen molar-refractivity contribution in [3.8, 4) is 0 Å². The molecule has 76 valence electrons. The molecule has 1 heterocycles. The second-order valence-electron chi connectivity index (χ2n) is 2.71. The van der Waals surface area contributed by atoms with E-state index in [9.17, 15) is 4.79 Å². The van der Waals surface area contributed by atoms with Gasteiger partial charge in [-0.05, 0) is 39.8 Å². The Hall–Kier alpha value is -1.07. The van der Waals surface area contributed by atoms with Crippen LogP contribution in [0.3, 0.4) is 0 Å². The smallest absolute Gasteiger partial charge is 0.260 e. The number of halogens is 1. The molecule has 0 unspecified atom stereocenters. The van der Waals surface area contributed by atoms with E-state index in [1.54, 1.807) is 18.3 Å². The Labute approximate surface area is 99.0 Å². The third-order valence-electron chi connectivity index (χ3n) is 1.70. The van der Waals surface area contributed by atoms with Crippen molar-refractivity contribution in [2.24, 2.45) is 0 Å². The van der Waals surface area contributed by atoms with Crippen LogP contribution >= 0.6 is 27.7 Å². The molecule has 2 rings (SSSR count). The first-order chi connectivity index (χ1) is 7.29. The molecule has 2 aromatic rings. The Morgan fingerprint density at radius 1 is 1.47 bits per heavy atom. The van der Waals surface area contributed by atoms with E-state index in [0.29, 0.717) is 10.8 Å². The Kier molecular flexibility index (Phi) is 3.23. The Morgan fingerprint density at radius 2 is 2.33 bits per heavy atom. The van der Waals surface area contributed by atoms with Crippen molar-refractivity contribution in [3.05, 3.63) is 40.7 Å². The second-order valence-corrected chi connectivity index (χ2v) is 4.56. The fourth-order valence-electron chi connectivity index (χ4n) is 1.03. The zero-order chi connectivity index (χ0) is 10.7. The van der Waals surface area contributed by atoms with Crippen molar-refractivity contribution in [1.29, 1.82) is 0 Å². The maximum atomic E-state index is 10.5. The maximum absolute atomic E-state index is 10.5. The van der Waals surface area contributed by atoms with Crippen LogP contribution in [0.2, 0.25) is 0 Å². The van der Waals surface area contributed by atoms with E-state index in [2.05, 4.69) is 20.9 Å². The highest BCUT2D eigenvalue weighted by Gasteiger charge is 2.06. The summed E-state index contributed by atoms with van der Waals surface area (Å²) in [6, 6.07) is 5.37. The summed E-state index contributed by atoms with van der Waals surface area (Å²) in [6.07, 6.45) is 3.93. The number of hydrogen-bond donors (Lipinski definition) is 0. The van der Waals surface area contributed by atoms with Gasteiger partial charge in [-0.25, -0.2) is 4.98 Å². The molecule has 0 saturated heterocycles. The van der Waals surface area contributed by atoms with Crippen molar-refractivity contribution >= 4 is 34.0 Å². The molecular formula is C10H6BrNO2S. The van der Waals surface area contributed by atoms with Crippen LogP contribution in [0.5, 0.6) is 0 Å². The summed E-state index contributed by atoms with van der Waals surface area (Å²) in [5.74, 6) is 0. The van der Waals surface area contributed by atoms with Gasteiger partial charge in [0.1, 0.15) is 12.5 Å². The average molecular weight is 284 g/mol. The Balaban J connectivity index is 2.26. The molecule has 0 bridgehead atoms. The average Bonchev–Trinajstić information content (AvgIpc) is 2.74. The summed E-state index contributed by atoms with van der Waals surface area (Å²) in [7, 11) is 0. The third kappa shape index (κ3) is 2.49. The zero-order valence-electron chi connectivity index (χ0n) is 7.51. The van der Waals surface area contributed by atoms with Crippen molar-refractivity contribution in [2.45, 2.75) is 10.1 Å². The lowest BCUT2D eigenvalue weighted by atomic mass is 10.2. The van der Waals surface area contributed by atoms with Crippen LogP contribution in [0.1, 0.15) is 10.4 Å². The number of oxazole rings is 1. The summed E-state index contributed by atoms with van der Waals surface area (Å²) in [6.45, 7) is 0. The van der Waals surface area contributed by atoms with Gasteiger partial charge in [0.25, 0.3) is 5.22 Å². The molecule has 0 saturated carbocycles. The standard InChI is InChI=1S/C10H6BrNO2S/c11-8-5-7(6-13)1-2-9(8)15-10-12-3-4-14-10/h1-6H. The van der Waals surface area contributed by atoms with Gasteiger partial charge in [-0.2, -0.15) is 0 Å². The summed E-state index contributed by atoms with van der Waals surface area (Å²) in [4.78, 5) is 15.5. The van der Waals surface area contributed by atoms with Crippen LogP contribution in [0.25, 0.3) is 0 Å². The molecule has 0 radical (unpaired) electrons. The highest BCUT2D eigenvalue weighted by Crippen LogP contribution is 2.32. The van der Waals surface area contributed by atoms with Crippen LogP contribution in [0, 0.1) is 0 Å². The first kappa shape index (κ1) is 10.4. The molecular weight excluding hydrogens is 278 g/mol. The van der Waals surface area contributed by atoms with Crippen molar-refractivity contribution in [3.63, 3.8) is 0 Å². The molecule has 0 aliphatic rings. The number of carbonyl (C=O) groups excluding carboxylic acids is 1. The van der Waals surface area contributed by atoms with Gasteiger partial charge >= 0.3 is 0 Å². The van der Waals surface area contributed by atoms with Crippen LogP contribution in [0.4, 0.5) is 0 Å². The van der Waals surface area contributed by atoms with Crippen molar-refractivity contribution in [2.75, 3.05) is 0 Å². The number of aldehydes is 1. The van der Waals surface area contributed by atoms with Gasteiger partial charge in [0, 0.05) is 14.9 Å². The summed E-state index contributed by atoms with van der Waals surface area (Å²) < 4.78 is 5.97. The quantitative estimate of drug-likeness (QED) is 0.810. The maximum Gasteiger partial charge on any atom is 0.260 e. The lowest BCUT2D eigenvalue weighted by Gasteiger charge is -2.01. The van der Waals surface area contributed by atoms with Gasteiger partial charge in [-0.3, -0.25) is 4.79 Å². The second kappa shape index (κ2) is 4.63. The van der Waals surface area contributed by atoms with Gasteiger partial charge in [-0.1, -0.05) is 6.07 Å². The van der Waals surface area contributed by atoms with E-state index < -0.39 is 0 Å². The molecule has 0 fully saturated rings. The van der Waals surface area contributed by atoms with Gasteiger partial charge in [0.05, 0.1) is 6.20 Å². The zero-order valence-corrected chi connectivity index (χ0v) is 9.92. The predicted molar refractivity (Wildman–Crippen MR) is 60.2 cm³/mol. The number of carbonyl (C=O) groups is 1. The van der Waals surface area contributed by atoms with E-state index in [1.807, 2.05) is 6.07 Å². The lowest BCUT2D eigenvalue weighted by molar-refractivity contribution is 0.112. The van der Waals surface area contributed by atoms with Gasteiger partial charge in [0.2, 0.25) is 0 Å². The normalized spacial score (nSPS) is 10.2. The molecule has 0 N–H and O–H groups in total. The van der Waals surface area contributed by atoms with E-state index in [-0.39, 0.29) is 0 Å². The molecule has 0 aliphatic heterocycles. The molecule has 0 amide bonds. The minimum absolute atomic E-state index is 0.578. The number of rotatable bonds is 3. The molecule has 15 heavy (non-hydrogen) atoms. The molecule has 0 atom stereocenters. The highest BCUT2D eigenvalue weighted by atomic mass is 79.9. The fourth-order valence-corrected chi connectivity index (χ4v) is 2.37. The van der Waals surface area contributed by atoms with Gasteiger partial charge < -0.3 is 4.42 Å². The van der Waals surface area contributed by atoms with Gasteiger partial charge in [-0.15, -0.1) is 0 Å². The van der Waals surface area contributed by atoms with Gasteiger partial charge in [0.15, 0.2) is 0 Å². The molecule has 0 aliphatic carbocycles. The number of aromatic nitrogens is 1. The molecule has 0 spiro atoms. The summed E-state index contributed by atoms with van der Waals surface area (Å²) in [5, 5.41) is 0.578. The van der Waals surface area contributed by atoms with E-state index in [0.717, 1.165) is 15.7 Å². The van der Waals surface area contributed by atoms with E-state index in [4.69, 9.17) is 4.42 Å². The Morgan fingerprint density at radius 3 is 2.93 bits per heavy atom. The largest absolute Gasteiger partial charge is 0.440 e. The molecule has 1 aromatic heterocycles. The first-order valence-corrected chi connectivity index (χ1v) is 5.72.